The van der Waals surface area contributed by atoms with E-state index in [0.717, 1.165) is 5.56 Å². The highest BCUT2D eigenvalue weighted by Crippen LogP contribution is 2.21. The highest BCUT2D eigenvalue weighted by molar-refractivity contribution is 5.13. The quantitative estimate of drug-likeness (QED) is 0.650. The molecule has 0 fully saturated rings. The van der Waals surface area contributed by atoms with Crippen LogP contribution in [-0.4, -0.2) is 40.7 Å². The highest BCUT2D eigenvalue weighted by atomic mass is 16.5. The van der Waals surface area contributed by atoms with Gasteiger partial charge >= 0.3 is 0 Å². The molecular weight excluding hydrogens is 268 g/mol. The van der Waals surface area contributed by atoms with Gasteiger partial charge in [0.15, 0.2) is 0 Å². The van der Waals surface area contributed by atoms with Gasteiger partial charge in [-0.05, 0) is 5.56 Å². The second kappa shape index (κ2) is 9.15. The van der Waals surface area contributed by atoms with Crippen LogP contribution in [-0.2, 0) is 11.3 Å². The minimum Gasteiger partial charge on any atom is -0.396 e. The van der Waals surface area contributed by atoms with Gasteiger partial charge in [0.05, 0.1) is 25.4 Å². The van der Waals surface area contributed by atoms with Crippen molar-refractivity contribution in [3.05, 3.63) is 35.9 Å². The Balaban J connectivity index is 2.38. The summed E-state index contributed by atoms with van der Waals surface area (Å²) in [6.07, 6.45) is -1.38. The van der Waals surface area contributed by atoms with Gasteiger partial charge in [0.1, 0.15) is 0 Å². The smallest absolute Gasteiger partial charge is 0.0717 e. The number of hydrogen-bond donors (Lipinski definition) is 3. The van der Waals surface area contributed by atoms with Crippen LogP contribution in [0.15, 0.2) is 30.3 Å². The third-order valence-electron chi connectivity index (χ3n) is 4.02. The van der Waals surface area contributed by atoms with E-state index < -0.39 is 12.2 Å². The van der Waals surface area contributed by atoms with Crippen LogP contribution >= 0.6 is 0 Å². The van der Waals surface area contributed by atoms with Gasteiger partial charge in [0.25, 0.3) is 0 Å². The number of aliphatic hydroxyl groups is 3. The van der Waals surface area contributed by atoms with E-state index in [9.17, 15) is 10.2 Å². The normalized spacial score (nSPS) is 18.8. The average molecular weight is 296 g/mol. The third kappa shape index (κ3) is 5.75. The Labute approximate surface area is 127 Å². The second-order valence-corrected chi connectivity index (χ2v) is 5.98. The number of benzene rings is 1. The maximum atomic E-state index is 10.3. The fourth-order valence-electron chi connectivity index (χ4n) is 2.38. The monoisotopic (exact) mass is 296 g/mol. The first kappa shape index (κ1) is 18.1. The summed E-state index contributed by atoms with van der Waals surface area (Å²) in [5.41, 5.74) is 1.10. The first-order valence-corrected chi connectivity index (χ1v) is 7.56. The van der Waals surface area contributed by atoms with E-state index in [1.807, 2.05) is 37.3 Å². The molecule has 21 heavy (non-hydrogen) atoms. The topological polar surface area (TPSA) is 69.9 Å². The Morgan fingerprint density at radius 1 is 0.952 bits per heavy atom. The van der Waals surface area contributed by atoms with E-state index in [2.05, 4.69) is 0 Å². The molecule has 3 N–H and O–H groups in total. The SMILES string of the molecule is C[C@@H]([C@H](O)[C@H](C)CO)[C@H](O)[C@@H](C)COCc1ccccc1. The van der Waals surface area contributed by atoms with E-state index in [1.54, 1.807) is 13.8 Å². The van der Waals surface area contributed by atoms with Crippen LogP contribution in [0, 0.1) is 17.8 Å². The van der Waals surface area contributed by atoms with Crippen LogP contribution in [0.2, 0.25) is 0 Å². The highest BCUT2D eigenvalue weighted by Gasteiger charge is 2.30. The summed E-state index contributed by atoms with van der Waals surface area (Å²) < 4.78 is 5.63. The van der Waals surface area contributed by atoms with E-state index in [1.165, 1.54) is 0 Å². The van der Waals surface area contributed by atoms with Gasteiger partial charge in [-0.2, -0.15) is 0 Å². The fourth-order valence-corrected chi connectivity index (χ4v) is 2.38. The maximum absolute atomic E-state index is 10.3. The summed E-state index contributed by atoms with van der Waals surface area (Å²) in [5, 5.41) is 29.4. The van der Waals surface area contributed by atoms with Crippen molar-refractivity contribution in [2.24, 2.45) is 17.8 Å². The van der Waals surface area contributed by atoms with Crippen LogP contribution in [0.5, 0.6) is 0 Å². The molecule has 0 unspecified atom stereocenters. The van der Waals surface area contributed by atoms with E-state index >= 15 is 0 Å². The van der Waals surface area contributed by atoms with E-state index in [4.69, 9.17) is 9.84 Å². The van der Waals surface area contributed by atoms with Gasteiger partial charge < -0.3 is 20.1 Å². The molecule has 0 saturated carbocycles. The van der Waals surface area contributed by atoms with Gasteiger partial charge in [0.2, 0.25) is 0 Å². The van der Waals surface area contributed by atoms with Crippen molar-refractivity contribution in [3.8, 4) is 0 Å². The molecule has 5 atom stereocenters. The maximum Gasteiger partial charge on any atom is 0.0717 e. The Kier molecular flexibility index (Phi) is 7.89. The lowest BCUT2D eigenvalue weighted by atomic mass is 9.85. The Morgan fingerprint density at radius 3 is 2.10 bits per heavy atom. The van der Waals surface area contributed by atoms with Crippen LogP contribution in [0.1, 0.15) is 26.3 Å². The molecule has 0 aliphatic rings. The van der Waals surface area contributed by atoms with Crippen molar-refractivity contribution in [3.63, 3.8) is 0 Å². The van der Waals surface area contributed by atoms with Gasteiger partial charge in [0, 0.05) is 24.4 Å². The molecule has 0 bridgehead atoms. The second-order valence-electron chi connectivity index (χ2n) is 5.98. The average Bonchev–Trinajstić information content (AvgIpc) is 2.52. The molecule has 0 aliphatic heterocycles. The molecule has 0 aliphatic carbocycles. The van der Waals surface area contributed by atoms with E-state index in [-0.39, 0.29) is 24.4 Å². The largest absolute Gasteiger partial charge is 0.396 e. The van der Waals surface area contributed by atoms with Crippen molar-refractivity contribution in [2.45, 2.75) is 39.6 Å². The van der Waals surface area contributed by atoms with Crippen molar-refractivity contribution < 1.29 is 20.1 Å². The van der Waals surface area contributed by atoms with Crippen molar-refractivity contribution in [2.75, 3.05) is 13.2 Å². The molecule has 4 heteroatoms. The molecule has 0 radical (unpaired) electrons. The molecule has 120 valence electrons. The zero-order chi connectivity index (χ0) is 15.8. The van der Waals surface area contributed by atoms with Gasteiger partial charge in [-0.15, -0.1) is 0 Å². The first-order chi connectivity index (χ1) is 9.97. The van der Waals surface area contributed by atoms with Crippen LogP contribution in [0.25, 0.3) is 0 Å². The molecule has 0 saturated heterocycles. The van der Waals surface area contributed by atoms with Crippen LogP contribution in [0.3, 0.4) is 0 Å². The zero-order valence-electron chi connectivity index (χ0n) is 13.1. The standard InChI is InChI=1S/C17H28O4/c1-12(9-18)16(19)14(3)17(20)13(2)10-21-11-15-7-5-4-6-8-15/h4-8,12-14,16-20H,9-11H2,1-3H3/t12-,13+,14+,16-,17-/m1/s1. The summed E-state index contributed by atoms with van der Waals surface area (Å²) in [4.78, 5) is 0. The molecule has 0 aromatic heterocycles. The number of hydrogen-bond acceptors (Lipinski definition) is 4. The number of aliphatic hydroxyl groups excluding tert-OH is 3. The molecule has 4 nitrogen and oxygen atoms in total. The minimum atomic E-state index is -0.721. The number of rotatable bonds is 9. The minimum absolute atomic E-state index is 0.0794. The van der Waals surface area contributed by atoms with Gasteiger partial charge in [-0.3, -0.25) is 0 Å². The molecule has 0 heterocycles. The summed E-state index contributed by atoms with van der Waals surface area (Å²) >= 11 is 0. The molecular formula is C17H28O4. The van der Waals surface area contributed by atoms with Gasteiger partial charge in [-0.25, -0.2) is 0 Å². The Morgan fingerprint density at radius 2 is 1.52 bits per heavy atom. The summed E-state index contributed by atoms with van der Waals surface area (Å²) in [5.74, 6) is -0.626. The van der Waals surface area contributed by atoms with Crippen LogP contribution in [0.4, 0.5) is 0 Å². The molecule has 1 aromatic rings. The van der Waals surface area contributed by atoms with Crippen molar-refractivity contribution in [1.29, 1.82) is 0 Å². The lowest BCUT2D eigenvalue weighted by Crippen LogP contribution is -2.39. The third-order valence-corrected chi connectivity index (χ3v) is 4.02. The predicted molar refractivity (Wildman–Crippen MR) is 82.7 cm³/mol. The molecule has 1 rings (SSSR count). The van der Waals surface area contributed by atoms with Gasteiger partial charge in [-0.1, -0.05) is 51.1 Å². The van der Waals surface area contributed by atoms with Crippen molar-refractivity contribution >= 4 is 0 Å². The lowest BCUT2D eigenvalue weighted by molar-refractivity contribution is -0.0556. The molecule has 1 aromatic carbocycles. The summed E-state index contributed by atoms with van der Waals surface area (Å²) in [7, 11) is 0. The number of ether oxygens (including phenoxy) is 1. The van der Waals surface area contributed by atoms with E-state index in [0.29, 0.717) is 13.2 Å². The summed E-state index contributed by atoms with van der Waals surface area (Å²) in [6, 6.07) is 9.88. The lowest BCUT2D eigenvalue weighted by Gasteiger charge is -2.31. The summed E-state index contributed by atoms with van der Waals surface area (Å²) in [6.45, 7) is 6.34. The first-order valence-electron chi connectivity index (χ1n) is 7.56. The fraction of sp³-hybridized carbons (Fsp3) is 0.647. The zero-order valence-corrected chi connectivity index (χ0v) is 13.1. The van der Waals surface area contributed by atoms with Crippen LogP contribution < -0.4 is 0 Å². The predicted octanol–water partition coefficient (Wildman–Crippen LogP) is 1.83. The Hall–Kier alpha value is -0.940. The molecule has 0 spiro atoms. The van der Waals surface area contributed by atoms with Crippen molar-refractivity contribution in [1.82, 2.24) is 0 Å². The molecule has 0 amide bonds. The Bertz CT molecular complexity index is 382.